The first-order valence-corrected chi connectivity index (χ1v) is 11.2. The minimum absolute atomic E-state index is 0.214. The van der Waals surface area contributed by atoms with Crippen LogP contribution in [-0.4, -0.2) is 65.7 Å². The molecule has 3 rings (SSSR count). The number of anilines is 1. The van der Waals surface area contributed by atoms with E-state index in [9.17, 15) is 4.79 Å². The number of carbonyl (C=O) groups is 1. The van der Waals surface area contributed by atoms with E-state index in [1.54, 1.807) is 0 Å². The van der Waals surface area contributed by atoms with E-state index >= 15 is 0 Å². The van der Waals surface area contributed by atoms with E-state index in [4.69, 9.17) is 9.72 Å². The Morgan fingerprint density at radius 2 is 1.90 bits per heavy atom. The van der Waals surface area contributed by atoms with E-state index in [2.05, 4.69) is 35.8 Å². The number of nitrogens with zero attached hydrogens (tertiary/aromatic N) is 4. The van der Waals surface area contributed by atoms with E-state index in [0.717, 1.165) is 25.5 Å². The van der Waals surface area contributed by atoms with Crippen LogP contribution in [0.1, 0.15) is 65.5 Å². The van der Waals surface area contributed by atoms with Gasteiger partial charge in [-0.2, -0.15) is 0 Å². The van der Waals surface area contributed by atoms with E-state index < -0.39 is 5.60 Å². The third kappa shape index (κ3) is 5.84. The van der Waals surface area contributed by atoms with Crippen LogP contribution < -0.4 is 4.90 Å². The lowest BCUT2D eigenvalue weighted by molar-refractivity contribution is 0.0240. The molecule has 2 saturated heterocycles. The Balaban J connectivity index is 1.70. The number of rotatable bonds is 4. The molecule has 1 unspecified atom stereocenters. The number of likely N-dealkylation sites (tertiary alicyclic amines) is 1. The van der Waals surface area contributed by atoms with Crippen molar-refractivity contribution in [3.05, 3.63) is 23.9 Å². The highest BCUT2D eigenvalue weighted by Gasteiger charge is 2.31. The van der Waals surface area contributed by atoms with Crippen LogP contribution in [0, 0.1) is 5.92 Å². The Kier molecular flexibility index (Phi) is 7.04. The monoisotopic (exact) mass is 402 g/mol. The van der Waals surface area contributed by atoms with Gasteiger partial charge in [-0.1, -0.05) is 26.3 Å². The molecule has 2 fully saturated rings. The van der Waals surface area contributed by atoms with Gasteiger partial charge in [-0.05, 0) is 52.1 Å². The zero-order valence-electron chi connectivity index (χ0n) is 18.9. The van der Waals surface area contributed by atoms with Gasteiger partial charge in [0.25, 0.3) is 0 Å². The van der Waals surface area contributed by atoms with Crippen LogP contribution in [0.3, 0.4) is 0 Å². The molecule has 0 N–H and O–H groups in total. The highest BCUT2D eigenvalue weighted by molar-refractivity contribution is 5.68. The van der Waals surface area contributed by atoms with E-state index in [-0.39, 0.29) is 6.09 Å². The summed E-state index contributed by atoms with van der Waals surface area (Å²) in [6.07, 6.45) is 5.44. The Morgan fingerprint density at radius 1 is 1.17 bits per heavy atom. The fourth-order valence-corrected chi connectivity index (χ4v) is 4.39. The number of hydrogen-bond acceptors (Lipinski definition) is 5. The molecule has 29 heavy (non-hydrogen) atoms. The lowest BCUT2D eigenvalue weighted by atomic mass is 9.94. The molecular weight excluding hydrogens is 364 g/mol. The van der Waals surface area contributed by atoms with Crippen LogP contribution in [0.2, 0.25) is 0 Å². The summed E-state index contributed by atoms with van der Waals surface area (Å²) in [5, 5.41) is 0. The van der Waals surface area contributed by atoms with E-state index in [0.29, 0.717) is 25.0 Å². The van der Waals surface area contributed by atoms with Gasteiger partial charge in [0.2, 0.25) is 0 Å². The predicted molar refractivity (Wildman–Crippen MR) is 117 cm³/mol. The zero-order valence-corrected chi connectivity index (χ0v) is 18.9. The number of ether oxygens (including phenoxy) is 1. The number of piperazine rings is 1. The van der Waals surface area contributed by atoms with Crippen LogP contribution in [0.25, 0.3) is 0 Å². The topological polar surface area (TPSA) is 48.9 Å². The second-order valence-corrected chi connectivity index (χ2v) is 9.77. The summed E-state index contributed by atoms with van der Waals surface area (Å²) in [6.45, 7) is 15.6. The van der Waals surface area contributed by atoms with Crippen molar-refractivity contribution < 1.29 is 9.53 Å². The van der Waals surface area contributed by atoms with Gasteiger partial charge >= 0.3 is 6.09 Å². The Labute approximate surface area is 176 Å². The number of hydrogen-bond donors (Lipinski definition) is 0. The Bertz CT molecular complexity index is 678. The molecule has 162 valence electrons. The van der Waals surface area contributed by atoms with Crippen LogP contribution in [0.15, 0.2) is 18.3 Å². The fraction of sp³-hybridized carbons (Fsp3) is 0.739. The first-order valence-electron chi connectivity index (χ1n) is 11.2. The number of amides is 1. The SMILES string of the molecule is CC(C)CN1CCCCC1c1cccnc1N1CCN(C(=O)OC(C)(C)C)CC1. The molecule has 0 aromatic carbocycles. The number of piperidine rings is 1. The maximum atomic E-state index is 12.4. The minimum Gasteiger partial charge on any atom is -0.444 e. The van der Waals surface area contributed by atoms with Crippen molar-refractivity contribution in [3.63, 3.8) is 0 Å². The van der Waals surface area contributed by atoms with Crippen molar-refractivity contribution in [1.82, 2.24) is 14.8 Å². The fourth-order valence-electron chi connectivity index (χ4n) is 4.39. The van der Waals surface area contributed by atoms with Gasteiger partial charge in [0.05, 0.1) is 0 Å². The summed E-state index contributed by atoms with van der Waals surface area (Å²) in [4.78, 5) is 24.0. The molecule has 0 bridgehead atoms. The Morgan fingerprint density at radius 3 is 2.55 bits per heavy atom. The lowest BCUT2D eigenvalue weighted by Gasteiger charge is -2.40. The molecule has 3 heterocycles. The maximum Gasteiger partial charge on any atom is 0.410 e. The molecule has 6 nitrogen and oxygen atoms in total. The Hall–Kier alpha value is -1.82. The molecule has 0 spiro atoms. The molecule has 0 aliphatic carbocycles. The largest absolute Gasteiger partial charge is 0.444 e. The molecule has 1 aromatic heterocycles. The summed E-state index contributed by atoms with van der Waals surface area (Å²) in [5.74, 6) is 1.75. The number of pyridine rings is 1. The van der Waals surface area contributed by atoms with Gasteiger partial charge in [0, 0.05) is 50.5 Å². The van der Waals surface area contributed by atoms with Gasteiger partial charge in [-0.3, -0.25) is 4.90 Å². The van der Waals surface area contributed by atoms with E-state index in [1.807, 2.05) is 31.9 Å². The van der Waals surface area contributed by atoms with Crippen LogP contribution in [-0.2, 0) is 4.74 Å². The molecule has 2 aliphatic rings. The van der Waals surface area contributed by atoms with Crippen LogP contribution >= 0.6 is 0 Å². The van der Waals surface area contributed by atoms with Crippen LogP contribution in [0.4, 0.5) is 10.6 Å². The standard InChI is InChI=1S/C23H38N4O2/c1-18(2)17-27-12-7-6-10-20(27)19-9-8-11-24-21(19)25-13-15-26(16-14-25)22(28)29-23(3,4)5/h8-9,11,18,20H,6-7,10,12-17H2,1-5H3. The van der Waals surface area contributed by atoms with Crippen molar-refractivity contribution in [2.45, 2.75) is 65.5 Å². The molecule has 6 heteroatoms. The smallest absolute Gasteiger partial charge is 0.410 e. The molecule has 2 aliphatic heterocycles. The highest BCUT2D eigenvalue weighted by atomic mass is 16.6. The van der Waals surface area contributed by atoms with Gasteiger partial charge in [0.1, 0.15) is 11.4 Å². The lowest BCUT2D eigenvalue weighted by Crippen LogP contribution is -2.50. The quantitative estimate of drug-likeness (QED) is 0.751. The first kappa shape index (κ1) is 21.9. The zero-order chi connectivity index (χ0) is 21.0. The maximum absolute atomic E-state index is 12.4. The summed E-state index contributed by atoms with van der Waals surface area (Å²) in [5.41, 5.74) is 0.891. The number of aromatic nitrogens is 1. The predicted octanol–water partition coefficient (Wildman–Crippen LogP) is 4.32. The van der Waals surface area contributed by atoms with Crippen molar-refractivity contribution in [2.75, 3.05) is 44.2 Å². The van der Waals surface area contributed by atoms with Gasteiger partial charge in [0.15, 0.2) is 0 Å². The van der Waals surface area contributed by atoms with Gasteiger partial charge in [-0.15, -0.1) is 0 Å². The average molecular weight is 403 g/mol. The summed E-state index contributed by atoms with van der Waals surface area (Å²) < 4.78 is 5.53. The minimum atomic E-state index is -0.455. The third-order valence-corrected chi connectivity index (χ3v) is 5.62. The second-order valence-electron chi connectivity index (χ2n) is 9.77. The molecule has 0 radical (unpaired) electrons. The summed E-state index contributed by atoms with van der Waals surface area (Å²) >= 11 is 0. The van der Waals surface area contributed by atoms with Crippen molar-refractivity contribution in [3.8, 4) is 0 Å². The van der Waals surface area contributed by atoms with Crippen molar-refractivity contribution in [1.29, 1.82) is 0 Å². The summed E-state index contributed by atoms with van der Waals surface area (Å²) in [6, 6.07) is 4.77. The first-order chi connectivity index (χ1) is 13.7. The molecular formula is C23H38N4O2. The average Bonchev–Trinajstić information content (AvgIpc) is 2.67. The van der Waals surface area contributed by atoms with Crippen LogP contribution in [0.5, 0.6) is 0 Å². The normalized spacial score (nSPS) is 21.5. The molecule has 1 aromatic rings. The third-order valence-electron chi connectivity index (χ3n) is 5.62. The van der Waals surface area contributed by atoms with E-state index in [1.165, 1.54) is 31.4 Å². The van der Waals surface area contributed by atoms with Gasteiger partial charge < -0.3 is 14.5 Å². The highest BCUT2D eigenvalue weighted by Crippen LogP contribution is 2.36. The molecule has 0 saturated carbocycles. The molecule has 1 amide bonds. The summed E-state index contributed by atoms with van der Waals surface area (Å²) in [7, 11) is 0. The second kappa shape index (κ2) is 9.33. The van der Waals surface area contributed by atoms with Crippen molar-refractivity contribution in [2.24, 2.45) is 5.92 Å². The number of carbonyl (C=O) groups excluding carboxylic acids is 1. The van der Waals surface area contributed by atoms with Gasteiger partial charge in [-0.25, -0.2) is 9.78 Å². The van der Waals surface area contributed by atoms with Crippen molar-refractivity contribution >= 4 is 11.9 Å². The molecule has 1 atom stereocenters.